The second-order valence-electron chi connectivity index (χ2n) is 5.84. The van der Waals surface area contributed by atoms with Crippen molar-refractivity contribution in [2.75, 3.05) is 0 Å². The maximum absolute atomic E-state index is 12.3. The van der Waals surface area contributed by atoms with Crippen LogP contribution in [0.4, 0.5) is 0 Å². The van der Waals surface area contributed by atoms with E-state index in [1.165, 1.54) is 11.8 Å². The summed E-state index contributed by atoms with van der Waals surface area (Å²) in [6, 6.07) is 19.2. The highest BCUT2D eigenvalue weighted by molar-refractivity contribution is 8.15. The summed E-state index contributed by atoms with van der Waals surface area (Å²) in [6.07, 6.45) is 0.140. The molecule has 1 amide bonds. The minimum atomic E-state index is -0.570. The molecule has 0 fully saturated rings. The highest BCUT2D eigenvalue weighted by atomic mass is 32.2. The predicted octanol–water partition coefficient (Wildman–Crippen LogP) is 3.21. The van der Waals surface area contributed by atoms with Crippen molar-refractivity contribution in [1.29, 1.82) is 0 Å². The molecule has 2 N–H and O–H groups in total. The van der Waals surface area contributed by atoms with Crippen LogP contribution in [0.5, 0.6) is 0 Å². The molecule has 0 radical (unpaired) electrons. The van der Waals surface area contributed by atoms with Crippen molar-refractivity contribution >= 4 is 22.7 Å². The monoisotopic (exact) mass is 341 g/mol. The van der Waals surface area contributed by atoms with Gasteiger partial charge in [-0.2, -0.15) is 5.10 Å². The first kappa shape index (κ1) is 16.5. The van der Waals surface area contributed by atoms with Crippen molar-refractivity contribution in [3.8, 4) is 0 Å². The molecular weight excluding hydrogens is 322 g/mol. The molecule has 0 aliphatic carbocycles. The lowest BCUT2D eigenvalue weighted by Crippen LogP contribution is -2.39. The zero-order valence-corrected chi connectivity index (χ0v) is 14.2. The molecule has 5 nitrogen and oxygen atoms in total. The van der Waals surface area contributed by atoms with Gasteiger partial charge in [0.15, 0.2) is 0 Å². The smallest absolute Gasteiger partial charge is 0.249 e. The van der Waals surface area contributed by atoms with Gasteiger partial charge in [0.2, 0.25) is 5.91 Å². The van der Waals surface area contributed by atoms with Crippen LogP contribution < -0.4 is 5.43 Å². The summed E-state index contributed by atoms with van der Waals surface area (Å²) in [5.41, 5.74) is 4.92. The summed E-state index contributed by atoms with van der Waals surface area (Å²) in [5.74, 6) is -0.342. The molecule has 0 saturated carbocycles. The number of thioether (sulfide) groups is 1. The lowest BCUT2D eigenvalue weighted by atomic mass is 10.2. The van der Waals surface area contributed by atoms with E-state index < -0.39 is 4.87 Å². The number of rotatable bonds is 5. The number of amides is 1. The topological polar surface area (TPSA) is 64.9 Å². The van der Waals surface area contributed by atoms with Crippen molar-refractivity contribution in [2.45, 2.75) is 24.8 Å². The number of nitrogens with one attached hydrogen (secondary N) is 1. The van der Waals surface area contributed by atoms with E-state index in [0.717, 1.165) is 21.2 Å². The second-order valence-corrected chi connectivity index (χ2v) is 7.33. The Morgan fingerprint density at radius 3 is 2.46 bits per heavy atom. The van der Waals surface area contributed by atoms with Gasteiger partial charge in [-0.15, -0.1) is 0 Å². The molecule has 2 aromatic carbocycles. The van der Waals surface area contributed by atoms with Crippen LogP contribution in [0.25, 0.3) is 0 Å². The summed E-state index contributed by atoms with van der Waals surface area (Å²) in [5, 5.41) is 16.0. The second kappa shape index (κ2) is 7.07. The Hall–Kier alpha value is -2.31. The Morgan fingerprint density at radius 1 is 1.17 bits per heavy atom. The number of hydroxylamine groups is 2. The van der Waals surface area contributed by atoms with Gasteiger partial charge in [0.05, 0.1) is 13.0 Å². The molecular formula is C18H19N3O2S. The Kier molecular flexibility index (Phi) is 4.87. The van der Waals surface area contributed by atoms with Crippen LogP contribution in [0.15, 0.2) is 65.8 Å². The first-order valence-electron chi connectivity index (χ1n) is 7.68. The van der Waals surface area contributed by atoms with Crippen molar-refractivity contribution in [3.05, 3.63) is 71.8 Å². The minimum absolute atomic E-state index is 0.140. The van der Waals surface area contributed by atoms with Crippen molar-refractivity contribution < 1.29 is 10.0 Å². The van der Waals surface area contributed by atoms with Gasteiger partial charge in [-0.05, 0) is 12.5 Å². The van der Waals surface area contributed by atoms with Crippen LogP contribution in [-0.2, 0) is 11.3 Å². The standard InChI is InChI=1S/C18H19N3O2S/c1-18(20-19-17(24-18)15-10-6-3-7-11-15)12-16(22)21(23)13-14-8-4-2-5-9-14/h2-11,20,23H,12-13H2,1H3. The average molecular weight is 341 g/mol. The number of nitrogens with zero attached hydrogens (tertiary/aromatic N) is 2. The zero-order chi connectivity index (χ0) is 17.0. The summed E-state index contributed by atoms with van der Waals surface area (Å²) in [7, 11) is 0. The van der Waals surface area contributed by atoms with E-state index in [4.69, 9.17) is 0 Å². The molecule has 0 bridgehead atoms. The summed E-state index contributed by atoms with van der Waals surface area (Å²) in [4.78, 5) is 11.8. The Balaban J connectivity index is 1.59. The maximum atomic E-state index is 12.3. The molecule has 1 atom stereocenters. The van der Waals surface area contributed by atoms with E-state index in [-0.39, 0.29) is 18.9 Å². The van der Waals surface area contributed by atoms with Gasteiger partial charge in [-0.1, -0.05) is 72.4 Å². The van der Waals surface area contributed by atoms with Gasteiger partial charge in [-0.25, -0.2) is 5.06 Å². The molecule has 3 rings (SSSR count). The van der Waals surface area contributed by atoms with Crippen LogP contribution in [0.1, 0.15) is 24.5 Å². The van der Waals surface area contributed by atoms with E-state index in [1.54, 1.807) is 0 Å². The molecule has 0 spiro atoms. The fourth-order valence-corrected chi connectivity index (χ4v) is 3.49. The van der Waals surface area contributed by atoms with Crippen molar-refractivity contribution in [3.63, 3.8) is 0 Å². The van der Waals surface area contributed by atoms with Gasteiger partial charge >= 0.3 is 0 Å². The van der Waals surface area contributed by atoms with E-state index in [1.807, 2.05) is 67.6 Å². The van der Waals surface area contributed by atoms with Gasteiger partial charge in [0.25, 0.3) is 0 Å². The van der Waals surface area contributed by atoms with E-state index in [0.29, 0.717) is 0 Å². The maximum Gasteiger partial charge on any atom is 0.249 e. The predicted molar refractivity (Wildman–Crippen MR) is 95.5 cm³/mol. The van der Waals surface area contributed by atoms with Crippen molar-refractivity contribution in [1.82, 2.24) is 10.5 Å². The number of hydrogen-bond acceptors (Lipinski definition) is 5. The lowest BCUT2D eigenvalue weighted by Gasteiger charge is -2.24. The molecule has 24 heavy (non-hydrogen) atoms. The molecule has 0 aromatic heterocycles. The fourth-order valence-electron chi connectivity index (χ4n) is 2.43. The van der Waals surface area contributed by atoms with Gasteiger partial charge in [0.1, 0.15) is 9.91 Å². The largest absolute Gasteiger partial charge is 0.292 e. The van der Waals surface area contributed by atoms with Crippen LogP contribution in [-0.4, -0.2) is 26.1 Å². The molecule has 1 aliphatic heterocycles. The first-order chi connectivity index (χ1) is 11.6. The molecule has 0 saturated heterocycles. The van der Waals surface area contributed by atoms with Gasteiger partial charge < -0.3 is 0 Å². The number of hydrogen-bond donors (Lipinski definition) is 2. The molecule has 1 aliphatic rings. The van der Waals surface area contributed by atoms with E-state index in [2.05, 4.69) is 10.5 Å². The number of carbonyl (C=O) groups is 1. The zero-order valence-electron chi connectivity index (χ0n) is 13.3. The summed E-state index contributed by atoms with van der Waals surface area (Å²) in [6.45, 7) is 2.08. The third-order valence-corrected chi connectivity index (χ3v) is 4.89. The highest BCUT2D eigenvalue weighted by Gasteiger charge is 2.36. The van der Waals surface area contributed by atoms with Crippen LogP contribution in [0, 0.1) is 0 Å². The van der Waals surface area contributed by atoms with Gasteiger partial charge in [0, 0.05) is 5.56 Å². The molecule has 124 valence electrons. The fraction of sp³-hybridized carbons (Fsp3) is 0.222. The molecule has 6 heteroatoms. The van der Waals surface area contributed by atoms with E-state index >= 15 is 0 Å². The summed E-state index contributed by atoms with van der Waals surface area (Å²) >= 11 is 1.50. The minimum Gasteiger partial charge on any atom is -0.292 e. The third kappa shape index (κ3) is 3.96. The van der Waals surface area contributed by atoms with Crippen LogP contribution in [0.2, 0.25) is 0 Å². The quantitative estimate of drug-likeness (QED) is 0.647. The summed E-state index contributed by atoms with van der Waals surface area (Å²) < 4.78 is 0. The van der Waals surface area contributed by atoms with Crippen LogP contribution in [0.3, 0.4) is 0 Å². The van der Waals surface area contributed by atoms with Crippen molar-refractivity contribution in [2.24, 2.45) is 5.10 Å². The Labute approximate surface area is 145 Å². The number of benzene rings is 2. The third-order valence-electron chi connectivity index (χ3n) is 3.69. The molecule has 1 unspecified atom stereocenters. The lowest BCUT2D eigenvalue weighted by molar-refractivity contribution is -0.168. The molecule has 2 aromatic rings. The van der Waals surface area contributed by atoms with Gasteiger partial charge in [-0.3, -0.25) is 15.4 Å². The number of hydrazone groups is 1. The Bertz CT molecular complexity index is 736. The van der Waals surface area contributed by atoms with Crippen LogP contribution >= 0.6 is 11.8 Å². The average Bonchev–Trinajstić information content (AvgIpc) is 2.98. The normalized spacial score (nSPS) is 19.5. The Morgan fingerprint density at radius 2 is 1.79 bits per heavy atom. The SMILES string of the molecule is CC1(CC(=O)N(O)Cc2ccccc2)NN=C(c2ccccc2)S1. The number of carbonyl (C=O) groups excluding carboxylic acids is 1. The van der Waals surface area contributed by atoms with E-state index in [9.17, 15) is 10.0 Å². The first-order valence-corrected chi connectivity index (χ1v) is 8.50. The highest BCUT2D eigenvalue weighted by Crippen LogP contribution is 2.34. The molecule has 1 heterocycles.